The number of hydrogen-bond donors (Lipinski definition) is 2. The molecule has 1 amide bonds. The number of hydrogen-bond acceptors (Lipinski definition) is 8. The van der Waals surface area contributed by atoms with Crippen molar-refractivity contribution in [1.82, 2.24) is 14.2 Å². The highest BCUT2D eigenvalue weighted by atomic mass is 35.5. The van der Waals surface area contributed by atoms with Crippen LogP contribution in [0.15, 0.2) is 28.9 Å². The molecule has 3 rings (SSSR count). The van der Waals surface area contributed by atoms with Crippen molar-refractivity contribution in [1.29, 1.82) is 0 Å². The third-order valence-electron chi connectivity index (χ3n) is 4.96. The summed E-state index contributed by atoms with van der Waals surface area (Å²) in [4.78, 5) is 20.1. The first kappa shape index (κ1) is 23.3. The van der Waals surface area contributed by atoms with Crippen molar-refractivity contribution in [2.24, 2.45) is 0 Å². The van der Waals surface area contributed by atoms with Crippen LogP contribution in [0, 0.1) is 0 Å². The van der Waals surface area contributed by atoms with E-state index in [1.807, 2.05) is 25.1 Å². The Kier molecular flexibility index (Phi) is 7.42. The highest BCUT2D eigenvalue weighted by Crippen LogP contribution is 2.29. The highest BCUT2D eigenvalue weighted by molar-refractivity contribution is 7.89. The second-order valence-electron chi connectivity index (χ2n) is 7.55. The molecule has 1 saturated heterocycles. The molecule has 2 aromatic rings. The molecule has 12 heteroatoms. The fraction of sp³-hybridized carbons (Fsp3) is 0.474. The van der Waals surface area contributed by atoms with Crippen LogP contribution in [0.3, 0.4) is 0 Å². The van der Waals surface area contributed by atoms with Gasteiger partial charge < -0.3 is 25.3 Å². The third kappa shape index (κ3) is 6.10. The summed E-state index contributed by atoms with van der Waals surface area (Å²) in [6, 6.07) is 5.19. The van der Waals surface area contributed by atoms with Crippen molar-refractivity contribution in [2.45, 2.75) is 6.42 Å². The van der Waals surface area contributed by atoms with Gasteiger partial charge in [0, 0.05) is 31.9 Å². The minimum absolute atomic E-state index is 0.0482. The Morgan fingerprint density at radius 1 is 1.29 bits per heavy atom. The molecule has 0 aliphatic carbocycles. The third-order valence-corrected chi connectivity index (χ3v) is 7.24. The van der Waals surface area contributed by atoms with E-state index in [-0.39, 0.29) is 17.5 Å². The first-order valence-electron chi connectivity index (χ1n) is 9.85. The number of sulfonamides is 1. The van der Waals surface area contributed by atoms with E-state index >= 15 is 0 Å². The quantitative estimate of drug-likeness (QED) is 0.595. The summed E-state index contributed by atoms with van der Waals surface area (Å²) in [5.41, 5.74) is 6.71. The molecule has 1 aromatic heterocycles. The van der Waals surface area contributed by atoms with Crippen LogP contribution in [0.2, 0.25) is 5.02 Å². The molecule has 0 bridgehead atoms. The van der Waals surface area contributed by atoms with Gasteiger partial charge >= 0.3 is 0 Å². The van der Waals surface area contributed by atoms with Gasteiger partial charge in [-0.2, -0.15) is 9.29 Å². The van der Waals surface area contributed by atoms with E-state index in [0.717, 1.165) is 12.2 Å². The molecule has 2 heterocycles. The number of carbonyl (C=O) groups is 1. The number of nitrogens with two attached hydrogens (primary N) is 1. The van der Waals surface area contributed by atoms with Crippen LogP contribution >= 0.6 is 11.6 Å². The van der Waals surface area contributed by atoms with Crippen LogP contribution in [0.5, 0.6) is 0 Å². The van der Waals surface area contributed by atoms with Gasteiger partial charge in [-0.15, -0.1) is 0 Å². The van der Waals surface area contributed by atoms with Gasteiger partial charge in [0.2, 0.25) is 10.0 Å². The molecule has 170 valence electrons. The minimum atomic E-state index is -3.27. The van der Waals surface area contributed by atoms with Gasteiger partial charge in [0.05, 0.1) is 16.5 Å². The monoisotopic (exact) mass is 470 g/mol. The smallest absolute Gasteiger partial charge is 0.292 e. The van der Waals surface area contributed by atoms with Crippen LogP contribution in [-0.4, -0.2) is 81.1 Å². The maximum atomic E-state index is 12.6. The van der Waals surface area contributed by atoms with Crippen molar-refractivity contribution >= 4 is 44.9 Å². The Labute approximate surface area is 187 Å². The zero-order valence-corrected chi connectivity index (χ0v) is 19.1. The molecule has 1 aliphatic heterocycles. The van der Waals surface area contributed by atoms with Crippen LogP contribution in [0.1, 0.15) is 16.9 Å². The summed E-state index contributed by atoms with van der Waals surface area (Å²) < 4.78 is 31.5. The predicted molar refractivity (Wildman–Crippen MR) is 121 cm³/mol. The number of nitrogens with one attached hydrogen (secondary N) is 1. The van der Waals surface area contributed by atoms with Gasteiger partial charge in [-0.05, 0) is 45.3 Å². The maximum absolute atomic E-state index is 12.6. The van der Waals surface area contributed by atoms with Crippen LogP contribution in [0.25, 0.3) is 0 Å². The molecule has 0 spiro atoms. The second-order valence-corrected chi connectivity index (χ2v) is 10.0. The second kappa shape index (κ2) is 9.86. The number of benzene rings is 1. The molecular formula is C19H27ClN6O4S. The first-order valence-corrected chi connectivity index (χ1v) is 11.8. The lowest BCUT2D eigenvalue weighted by atomic mass is 10.2. The molecular weight excluding hydrogens is 444 g/mol. The van der Waals surface area contributed by atoms with Crippen molar-refractivity contribution in [2.75, 3.05) is 68.5 Å². The lowest BCUT2D eigenvalue weighted by Gasteiger charge is -2.35. The number of amides is 1. The van der Waals surface area contributed by atoms with E-state index in [4.69, 9.17) is 21.8 Å². The standard InChI is InChI=1S/C19H27ClN6O4S/c1-24(2)6-3-11-31(28,29)26-9-7-25(8-10-26)14-4-5-15(20)16(12-14)22-18(27)17-13-30-19(21)23-17/h4-5,12-13H,3,6-11H2,1-2H3,(H2,21,23)(H,22,27). The zero-order valence-electron chi connectivity index (χ0n) is 17.5. The number of oxazole rings is 1. The molecule has 0 saturated carbocycles. The van der Waals surface area contributed by atoms with Crippen LogP contribution in [-0.2, 0) is 10.0 Å². The molecule has 1 aliphatic rings. The van der Waals surface area contributed by atoms with Crippen molar-refractivity contribution in [3.63, 3.8) is 0 Å². The van der Waals surface area contributed by atoms with Crippen molar-refractivity contribution in [3.05, 3.63) is 35.2 Å². The Morgan fingerprint density at radius 3 is 2.61 bits per heavy atom. The molecule has 0 unspecified atom stereocenters. The number of aromatic nitrogens is 1. The normalized spacial score (nSPS) is 15.4. The average Bonchev–Trinajstić information content (AvgIpc) is 3.16. The first-order chi connectivity index (χ1) is 14.7. The van der Waals surface area contributed by atoms with E-state index in [1.165, 1.54) is 6.26 Å². The van der Waals surface area contributed by atoms with Gasteiger partial charge in [-0.3, -0.25) is 4.79 Å². The number of anilines is 3. The zero-order chi connectivity index (χ0) is 22.6. The summed E-state index contributed by atoms with van der Waals surface area (Å²) in [5, 5.41) is 3.07. The summed E-state index contributed by atoms with van der Waals surface area (Å²) in [5.74, 6) is -0.345. The molecule has 1 fully saturated rings. The van der Waals surface area contributed by atoms with Crippen LogP contribution in [0.4, 0.5) is 17.4 Å². The average molecular weight is 471 g/mol. The van der Waals surface area contributed by atoms with E-state index in [1.54, 1.807) is 16.4 Å². The summed E-state index contributed by atoms with van der Waals surface area (Å²) >= 11 is 6.23. The Hall–Kier alpha value is -2.34. The molecule has 10 nitrogen and oxygen atoms in total. The Balaban J connectivity index is 1.61. The Morgan fingerprint density at radius 2 is 2.00 bits per heavy atom. The number of rotatable bonds is 8. The predicted octanol–water partition coefficient (Wildman–Crippen LogP) is 1.57. The van der Waals surface area contributed by atoms with Crippen molar-refractivity contribution in [3.8, 4) is 0 Å². The van der Waals surface area contributed by atoms with Gasteiger partial charge in [-0.25, -0.2) is 8.42 Å². The van der Waals surface area contributed by atoms with E-state index in [2.05, 4.69) is 15.2 Å². The lowest BCUT2D eigenvalue weighted by molar-refractivity contribution is 0.102. The summed E-state index contributed by atoms with van der Waals surface area (Å²) in [7, 11) is 0.584. The minimum Gasteiger partial charge on any atom is -0.431 e. The largest absolute Gasteiger partial charge is 0.431 e. The molecule has 0 radical (unpaired) electrons. The van der Waals surface area contributed by atoms with E-state index in [9.17, 15) is 13.2 Å². The number of piperazine rings is 1. The molecule has 31 heavy (non-hydrogen) atoms. The number of nitrogens with zero attached hydrogens (tertiary/aromatic N) is 4. The van der Waals surface area contributed by atoms with Gasteiger partial charge in [-0.1, -0.05) is 11.6 Å². The van der Waals surface area contributed by atoms with Gasteiger partial charge in [0.1, 0.15) is 6.26 Å². The molecule has 1 aromatic carbocycles. The SMILES string of the molecule is CN(C)CCCS(=O)(=O)N1CCN(c2ccc(Cl)c(NC(=O)c3coc(N)n3)c2)CC1. The van der Waals surface area contributed by atoms with Gasteiger partial charge in [0.15, 0.2) is 5.69 Å². The fourth-order valence-electron chi connectivity index (χ4n) is 3.30. The Bertz CT molecular complexity index is 1020. The lowest BCUT2D eigenvalue weighted by Crippen LogP contribution is -2.49. The number of nitrogen functional groups attached to an aromatic ring is 1. The maximum Gasteiger partial charge on any atom is 0.292 e. The number of halogens is 1. The molecule has 0 atom stereocenters. The summed E-state index contributed by atoms with van der Waals surface area (Å²) in [6.07, 6.45) is 1.77. The van der Waals surface area contributed by atoms with Gasteiger partial charge in [0.25, 0.3) is 11.9 Å². The van der Waals surface area contributed by atoms with E-state index in [0.29, 0.717) is 43.3 Å². The van der Waals surface area contributed by atoms with Crippen molar-refractivity contribution < 1.29 is 17.6 Å². The number of carbonyl (C=O) groups excluding carboxylic acids is 1. The highest BCUT2D eigenvalue weighted by Gasteiger charge is 2.27. The summed E-state index contributed by atoms with van der Waals surface area (Å²) in [6.45, 7) is 2.64. The molecule has 3 N–H and O–H groups in total. The fourth-order valence-corrected chi connectivity index (χ4v) is 4.94. The van der Waals surface area contributed by atoms with Crippen LogP contribution < -0.4 is 16.0 Å². The topological polar surface area (TPSA) is 125 Å². The van der Waals surface area contributed by atoms with E-state index < -0.39 is 15.9 Å².